The van der Waals surface area contributed by atoms with E-state index in [9.17, 15) is 4.79 Å². The quantitative estimate of drug-likeness (QED) is 0.620. The molecule has 0 bridgehead atoms. The van der Waals surface area contributed by atoms with Gasteiger partial charge in [0.1, 0.15) is 12.8 Å². The van der Waals surface area contributed by atoms with Gasteiger partial charge >= 0.3 is 5.97 Å². The molecular weight excluding hydrogens is 218 g/mol. The van der Waals surface area contributed by atoms with Gasteiger partial charge in [-0.25, -0.2) is 9.78 Å². The average molecular weight is 225 g/mol. The molecule has 0 spiro atoms. The lowest BCUT2D eigenvalue weighted by Crippen LogP contribution is -2.15. The van der Waals surface area contributed by atoms with Gasteiger partial charge in [-0.2, -0.15) is 0 Å². The third kappa shape index (κ3) is 1.68. The lowest BCUT2D eigenvalue weighted by atomic mass is 10.3. The normalized spacial score (nSPS) is 11.9. The molecule has 0 unspecified atom stereocenters. The van der Waals surface area contributed by atoms with Crippen LogP contribution in [0.15, 0.2) is 22.9 Å². The first-order valence-corrected chi connectivity index (χ1v) is 4.87. The van der Waals surface area contributed by atoms with E-state index in [1.54, 1.807) is 16.8 Å². The maximum absolute atomic E-state index is 10.8. The molecule has 0 aliphatic heterocycles. The average Bonchev–Trinajstić information content (AvgIpc) is 2.72. The molecule has 2 rings (SSSR count). The Balaban J connectivity index is 2.48. The molecule has 7 heteroatoms. The van der Waals surface area contributed by atoms with Gasteiger partial charge in [-0.15, -0.1) is 11.3 Å². The Kier molecular flexibility index (Phi) is 2.38. The summed E-state index contributed by atoms with van der Waals surface area (Å²) in [5.74, 6) is -1.16. The van der Waals surface area contributed by atoms with E-state index >= 15 is 0 Å². The summed E-state index contributed by atoms with van der Waals surface area (Å²) < 4.78 is 1.73. The molecule has 2 heterocycles. The maximum Gasteiger partial charge on any atom is 0.360 e. The van der Waals surface area contributed by atoms with Crippen molar-refractivity contribution in [2.75, 3.05) is 7.11 Å². The van der Waals surface area contributed by atoms with Gasteiger partial charge in [-0.1, -0.05) is 5.16 Å². The van der Waals surface area contributed by atoms with Crippen molar-refractivity contribution in [3.05, 3.63) is 23.5 Å². The van der Waals surface area contributed by atoms with E-state index in [1.807, 2.05) is 5.38 Å². The third-order valence-corrected chi connectivity index (χ3v) is 2.49. The summed E-state index contributed by atoms with van der Waals surface area (Å²) >= 11 is 1.42. The summed E-state index contributed by atoms with van der Waals surface area (Å²) in [4.78, 5) is 20.1. The monoisotopic (exact) mass is 225 g/mol. The number of thiazole rings is 1. The predicted octanol–water partition coefficient (Wildman–Crippen LogP) is 0.831. The number of fused-ring (bicyclic) bond motifs is 1. The van der Waals surface area contributed by atoms with E-state index in [0.717, 1.165) is 4.96 Å². The van der Waals surface area contributed by atoms with Crippen molar-refractivity contribution < 1.29 is 14.7 Å². The number of carbonyl (C=O) groups is 1. The molecule has 0 saturated carbocycles. The number of imidazole rings is 1. The molecule has 0 aromatic carbocycles. The van der Waals surface area contributed by atoms with Gasteiger partial charge in [0.2, 0.25) is 5.71 Å². The first kappa shape index (κ1) is 9.66. The van der Waals surface area contributed by atoms with Crippen molar-refractivity contribution in [3.8, 4) is 0 Å². The number of aliphatic carboxylic acids is 1. The second kappa shape index (κ2) is 3.70. The van der Waals surface area contributed by atoms with Crippen LogP contribution in [-0.2, 0) is 9.63 Å². The van der Waals surface area contributed by atoms with Gasteiger partial charge < -0.3 is 9.94 Å². The van der Waals surface area contributed by atoms with Gasteiger partial charge in [0.25, 0.3) is 0 Å². The van der Waals surface area contributed by atoms with Crippen LogP contribution >= 0.6 is 11.3 Å². The number of carboxylic acid groups (broad SMARTS) is 1. The smallest absolute Gasteiger partial charge is 0.360 e. The largest absolute Gasteiger partial charge is 0.476 e. The Morgan fingerprint density at radius 3 is 3.13 bits per heavy atom. The van der Waals surface area contributed by atoms with Crippen LogP contribution in [0.3, 0.4) is 0 Å². The molecule has 0 atom stereocenters. The minimum atomic E-state index is -1.16. The highest BCUT2D eigenvalue weighted by Gasteiger charge is 2.17. The zero-order valence-electron chi connectivity index (χ0n) is 7.75. The highest BCUT2D eigenvalue weighted by Crippen LogP contribution is 2.12. The van der Waals surface area contributed by atoms with Gasteiger partial charge in [-0.3, -0.25) is 4.40 Å². The van der Waals surface area contributed by atoms with Crippen molar-refractivity contribution >= 4 is 28.0 Å². The van der Waals surface area contributed by atoms with Gasteiger partial charge in [0.05, 0.1) is 0 Å². The SMILES string of the molecule is CO/N=C(\C(=O)O)c1cn2ccsc2n1. The van der Waals surface area contributed by atoms with E-state index < -0.39 is 5.97 Å². The van der Waals surface area contributed by atoms with Crippen molar-refractivity contribution in [2.24, 2.45) is 5.16 Å². The van der Waals surface area contributed by atoms with Crippen molar-refractivity contribution in [2.45, 2.75) is 0 Å². The predicted molar refractivity (Wildman–Crippen MR) is 54.3 cm³/mol. The molecule has 0 aliphatic carbocycles. The van der Waals surface area contributed by atoms with Crippen LogP contribution in [0, 0.1) is 0 Å². The highest BCUT2D eigenvalue weighted by molar-refractivity contribution is 7.15. The van der Waals surface area contributed by atoms with Crippen LogP contribution in [0.1, 0.15) is 5.69 Å². The van der Waals surface area contributed by atoms with Gasteiger partial charge in [-0.05, 0) is 0 Å². The Labute approximate surface area is 88.4 Å². The van der Waals surface area contributed by atoms with Crippen molar-refractivity contribution in [1.82, 2.24) is 9.38 Å². The second-order valence-corrected chi connectivity index (χ2v) is 3.52. The maximum atomic E-state index is 10.8. The summed E-state index contributed by atoms with van der Waals surface area (Å²) in [6, 6.07) is 0. The summed E-state index contributed by atoms with van der Waals surface area (Å²) in [7, 11) is 1.29. The number of hydrogen-bond acceptors (Lipinski definition) is 5. The number of carboxylic acids is 1. The van der Waals surface area contributed by atoms with Crippen LogP contribution in [0.5, 0.6) is 0 Å². The lowest BCUT2D eigenvalue weighted by molar-refractivity contribution is -0.129. The van der Waals surface area contributed by atoms with Gasteiger partial charge in [0, 0.05) is 17.8 Å². The summed E-state index contributed by atoms with van der Waals surface area (Å²) in [5, 5.41) is 14.1. The topological polar surface area (TPSA) is 76.2 Å². The summed E-state index contributed by atoms with van der Waals surface area (Å²) in [6.07, 6.45) is 3.39. The van der Waals surface area contributed by atoms with Crippen molar-refractivity contribution in [3.63, 3.8) is 0 Å². The molecule has 6 nitrogen and oxygen atoms in total. The number of aromatic nitrogens is 2. The van der Waals surface area contributed by atoms with E-state index in [2.05, 4.69) is 15.0 Å². The Hall–Kier alpha value is -1.89. The number of nitrogens with zero attached hydrogens (tertiary/aromatic N) is 3. The molecule has 1 N–H and O–H groups in total. The van der Waals surface area contributed by atoms with Crippen LogP contribution in [0.25, 0.3) is 4.96 Å². The number of rotatable bonds is 3. The zero-order valence-corrected chi connectivity index (χ0v) is 8.56. The van der Waals surface area contributed by atoms with E-state index in [-0.39, 0.29) is 11.4 Å². The second-order valence-electron chi connectivity index (χ2n) is 2.65. The van der Waals surface area contributed by atoms with Crippen LogP contribution in [-0.4, -0.2) is 33.3 Å². The van der Waals surface area contributed by atoms with E-state index in [0.29, 0.717) is 0 Å². The first-order valence-electron chi connectivity index (χ1n) is 3.99. The fraction of sp³-hybridized carbons (Fsp3) is 0.125. The van der Waals surface area contributed by atoms with Gasteiger partial charge in [0.15, 0.2) is 4.96 Å². The lowest BCUT2D eigenvalue weighted by Gasteiger charge is -1.94. The Morgan fingerprint density at radius 1 is 1.73 bits per heavy atom. The van der Waals surface area contributed by atoms with E-state index in [1.165, 1.54) is 18.4 Å². The summed E-state index contributed by atoms with van der Waals surface area (Å²) in [5.41, 5.74) is 0.0876. The molecule has 0 amide bonds. The summed E-state index contributed by atoms with van der Waals surface area (Å²) in [6.45, 7) is 0. The molecule has 78 valence electrons. The molecule has 0 radical (unpaired) electrons. The molecule has 2 aromatic heterocycles. The van der Waals surface area contributed by atoms with Crippen LogP contribution in [0.4, 0.5) is 0 Å². The first-order chi connectivity index (χ1) is 7.22. The molecule has 2 aromatic rings. The van der Waals surface area contributed by atoms with Crippen molar-refractivity contribution in [1.29, 1.82) is 0 Å². The minimum absolute atomic E-state index is 0.201. The molecular formula is C8H7N3O3S. The number of hydrogen-bond donors (Lipinski definition) is 1. The van der Waals surface area contributed by atoms with Crippen LogP contribution < -0.4 is 0 Å². The third-order valence-electron chi connectivity index (χ3n) is 1.72. The highest BCUT2D eigenvalue weighted by atomic mass is 32.1. The standard InChI is InChI=1S/C8H7N3O3S/c1-14-10-6(7(12)13)5-4-11-2-3-15-8(11)9-5/h2-4H,1H3,(H,12,13)/b10-6-. The fourth-order valence-corrected chi connectivity index (χ4v) is 1.83. The molecule has 0 saturated heterocycles. The molecule has 0 fully saturated rings. The zero-order chi connectivity index (χ0) is 10.8. The Morgan fingerprint density at radius 2 is 2.53 bits per heavy atom. The number of oxime groups is 1. The van der Waals surface area contributed by atoms with E-state index in [4.69, 9.17) is 5.11 Å². The molecule has 15 heavy (non-hydrogen) atoms. The fourth-order valence-electron chi connectivity index (χ4n) is 1.13. The minimum Gasteiger partial charge on any atom is -0.476 e. The Bertz CT molecular complexity index is 499. The molecule has 0 aliphatic rings. The van der Waals surface area contributed by atoms with Crippen LogP contribution in [0.2, 0.25) is 0 Å².